The molecule has 3 heterocycles. The molecule has 1 saturated carbocycles. The molecule has 0 spiro atoms. The Bertz CT molecular complexity index is 819. The van der Waals surface area contributed by atoms with Crippen LogP contribution in [0.5, 0.6) is 0 Å². The number of hydrogen-bond acceptors (Lipinski definition) is 5. The van der Waals surface area contributed by atoms with Gasteiger partial charge in [0, 0.05) is 49.1 Å². The Morgan fingerprint density at radius 3 is 2.60 bits per heavy atom. The molecule has 1 aliphatic carbocycles. The van der Waals surface area contributed by atoms with Gasteiger partial charge < -0.3 is 4.90 Å². The largest absolute Gasteiger partial charge is 0.356 e. The highest BCUT2D eigenvalue weighted by atomic mass is 16.1. The molecule has 2 aromatic heterocycles. The summed E-state index contributed by atoms with van der Waals surface area (Å²) in [6.07, 6.45) is 7.90. The highest BCUT2D eigenvalue weighted by molar-refractivity contribution is 5.40. The molecule has 25 heavy (non-hydrogen) atoms. The molecule has 2 aliphatic rings. The highest BCUT2D eigenvalue weighted by Gasteiger charge is 2.28. The third-order valence-electron chi connectivity index (χ3n) is 5.27. The van der Waals surface area contributed by atoms with Gasteiger partial charge in [0.15, 0.2) is 0 Å². The number of hydrogen-bond donors (Lipinski definition) is 0. The summed E-state index contributed by atoms with van der Waals surface area (Å²) in [6, 6.07) is 2.10. The van der Waals surface area contributed by atoms with Gasteiger partial charge in [-0.2, -0.15) is 0 Å². The topological polar surface area (TPSA) is 63.9 Å². The molecule has 0 amide bonds. The van der Waals surface area contributed by atoms with Crippen molar-refractivity contribution in [3.63, 3.8) is 0 Å². The first kappa shape index (κ1) is 16.2. The maximum Gasteiger partial charge on any atom is 0.256 e. The van der Waals surface area contributed by atoms with Gasteiger partial charge in [-0.3, -0.25) is 9.36 Å². The second kappa shape index (κ2) is 6.58. The van der Waals surface area contributed by atoms with Gasteiger partial charge in [0.1, 0.15) is 11.6 Å². The van der Waals surface area contributed by atoms with Crippen LogP contribution in [0.2, 0.25) is 0 Å². The molecular formula is C19H25N5O. The second-order valence-electron chi connectivity index (χ2n) is 7.46. The zero-order valence-electron chi connectivity index (χ0n) is 15.0. The lowest BCUT2D eigenvalue weighted by Crippen LogP contribution is -2.37. The lowest BCUT2D eigenvalue weighted by atomic mass is 9.96. The predicted octanol–water partition coefficient (Wildman–Crippen LogP) is 2.44. The number of rotatable bonds is 4. The van der Waals surface area contributed by atoms with E-state index in [0.717, 1.165) is 49.8 Å². The molecular weight excluding hydrogens is 314 g/mol. The molecule has 132 valence electrons. The number of aromatic nitrogens is 4. The quantitative estimate of drug-likeness (QED) is 0.856. The van der Waals surface area contributed by atoms with Gasteiger partial charge in [-0.1, -0.05) is 0 Å². The van der Waals surface area contributed by atoms with E-state index in [1.54, 1.807) is 17.1 Å². The normalized spacial score (nSPS) is 18.6. The summed E-state index contributed by atoms with van der Waals surface area (Å²) in [7, 11) is 0. The van der Waals surface area contributed by atoms with Crippen molar-refractivity contribution in [2.24, 2.45) is 5.92 Å². The molecule has 0 radical (unpaired) electrons. The Morgan fingerprint density at radius 2 is 1.88 bits per heavy atom. The zero-order chi connectivity index (χ0) is 17.4. The van der Waals surface area contributed by atoms with Crippen molar-refractivity contribution in [1.82, 2.24) is 19.5 Å². The number of nitrogens with zero attached hydrogens (tertiary/aromatic N) is 5. The Labute approximate surface area is 148 Å². The summed E-state index contributed by atoms with van der Waals surface area (Å²) < 4.78 is 1.76. The summed E-state index contributed by atoms with van der Waals surface area (Å²) in [5, 5.41) is 0. The van der Waals surface area contributed by atoms with Crippen LogP contribution in [-0.4, -0.2) is 32.6 Å². The minimum Gasteiger partial charge on any atom is -0.356 e. The average molecular weight is 339 g/mol. The van der Waals surface area contributed by atoms with Gasteiger partial charge in [0.2, 0.25) is 0 Å². The van der Waals surface area contributed by atoms with Crippen LogP contribution in [0.15, 0.2) is 23.4 Å². The van der Waals surface area contributed by atoms with Crippen molar-refractivity contribution in [3.05, 3.63) is 46.0 Å². The molecule has 1 saturated heterocycles. The molecule has 0 bridgehead atoms. The SMILES string of the molecule is Cc1cc(N2CCC(Cn3cncc(C)c3=O)CC2)nc(C2CC2)n1. The van der Waals surface area contributed by atoms with Crippen molar-refractivity contribution in [1.29, 1.82) is 0 Å². The third kappa shape index (κ3) is 3.57. The van der Waals surface area contributed by atoms with Crippen molar-refractivity contribution in [2.75, 3.05) is 18.0 Å². The Kier molecular flexibility index (Phi) is 4.27. The Hall–Kier alpha value is -2.24. The minimum atomic E-state index is 0.0814. The lowest BCUT2D eigenvalue weighted by molar-refractivity contribution is 0.349. The van der Waals surface area contributed by atoms with Crippen LogP contribution < -0.4 is 10.5 Å². The van der Waals surface area contributed by atoms with E-state index < -0.39 is 0 Å². The van der Waals surface area contributed by atoms with Crippen molar-refractivity contribution in [3.8, 4) is 0 Å². The van der Waals surface area contributed by atoms with E-state index in [0.29, 0.717) is 17.4 Å². The molecule has 0 N–H and O–H groups in total. The Balaban J connectivity index is 1.41. The van der Waals surface area contributed by atoms with Crippen LogP contribution in [0.3, 0.4) is 0 Å². The molecule has 1 aliphatic heterocycles. The monoisotopic (exact) mass is 339 g/mol. The van der Waals surface area contributed by atoms with Crippen molar-refractivity contribution < 1.29 is 0 Å². The molecule has 6 nitrogen and oxygen atoms in total. The second-order valence-corrected chi connectivity index (χ2v) is 7.46. The van der Waals surface area contributed by atoms with Crippen LogP contribution in [0.4, 0.5) is 5.82 Å². The first-order valence-corrected chi connectivity index (χ1v) is 9.21. The van der Waals surface area contributed by atoms with Crippen LogP contribution in [0.25, 0.3) is 0 Å². The maximum atomic E-state index is 12.2. The number of anilines is 1. The fourth-order valence-electron chi connectivity index (χ4n) is 3.57. The van der Waals surface area contributed by atoms with Crippen LogP contribution in [0, 0.1) is 19.8 Å². The van der Waals surface area contributed by atoms with Gasteiger partial charge >= 0.3 is 0 Å². The van der Waals surface area contributed by atoms with Gasteiger partial charge in [-0.25, -0.2) is 15.0 Å². The fourth-order valence-corrected chi connectivity index (χ4v) is 3.57. The number of piperidine rings is 1. The van der Waals surface area contributed by atoms with Crippen molar-refractivity contribution in [2.45, 2.75) is 52.0 Å². The summed E-state index contributed by atoms with van der Waals surface area (Å²) >= 11 is 0. The Morgan fingerprint density at radius 1 is 1.12 bits per heavy atom. The van der Waals surface area contributed by atoms with Crippen molar-refractivity contribution >= 4 is 5.82 Å². The van der Waals surface area contributed by atoms with Crippen LogP contribution >= 0.6 is 0 Å². The zero-order valence-corrected chi connectivity index (χ0v) is 15.0. The summed E-state index contributed by atoms with van der Waals surface area (Å²) in [6.45, 7) is 6.61. The smallest absolute Gasteiger partial charge is 0.256 e. The average Bonchev–Trinajstić information content (AvgIpc) is 3.44. The van der Waals surface area contributed by atoms with Crippen LogP contribution in [0.1, 0.15) is 48.7 Å². The van der Waals surface area contributed by atoms with E-state index in [-0.39, 0.29) is 5.56 Å². The molecule has 2 fully saturated rings. The summed E-state index contributed by atoms with van der Waals surface area (Å²) in [5.41, 5.74) is 1.85. The number of aryl methyl sites for hydroxylation is 2. The van der Waals surface area contributed by atoms with Crippen LogP contribution in [-0.2, 0) is 6.54 Å². The molecule has 0 aromatic carbocycles. The molecule has 4 rings (SSSR count). The van der Waals surface area contributed by atoms with E-state index >= 15 is 0 Å². The van der Waals surface area contributed by atoms with E-state index in [1.807, 2.05) is 6.92 Å². The first-order chi connectivity index (χ1) is 12.1. The standard InChI is InChI=1S/C19H25N5O/c1-13-10-20-12-24(19(13)25)11-15-5-7-23(8-6-15)17-9-14(2)21-18(22-17)16-3-4-16/h9-10,12,15-16H,3-8,11H2,1-2H3. The highest BCUT2D eigenvalue weighted by Crippen LogP contribution is 2.38. The van der Waals surface area contributed by atoms with E-state index in [1.165, 1.54) is 12.8 Å². The molecule has 0 unspecified atom stereocenters. The minimum absolute atomic E-state index is 0.0814. The van der Waals surface area contributed by atoms with Gasteiger partial charge in [0.25, 0.3) is 5.56 Å². The lowest BCUT2D eigenvalue weighted by Gasteiger charge is -2.33. The summed E-state index contributed by atoms with van der Waals surface area (Å²) in [4.78, 5) is 28.1. The predicted molar refractivity (Wildman–Crippen MR) is 96.9 cm³/mol. The van der Waals surface area contributed by atoms with Gasteiger partial charge in [-0.15, -0.1) is 0 Å². The van der Waals surface area contributed by atoms with E-state index in [2.05, 4.69) is 27.9 Å². The molecule has 0 atom stereocenters. The van der Waals surface area contributed by atoms with Gasteiger partial charge in [0.05, 0.1) is 6.33 Å². The maximum absolute atomic E-state index is 12.2. The van der Waals surface area contributed by atoms with E-state index in [4.69, 9.17) is 4.98 Å². The third-order valence-corrected chi connectivity index (χ3v) is 5.27. The first-order valence-electron chi connectivity index (χ1n) is 9.21. The molecule has 6 heteroatoms. The summed E-state index contributed by atoms with van der Waals surface area (Å²) in [5.74, 6) is 3.19. The van der Waals surface area contributed by atoms with E-state index in [9.17, 15) is 4.79 Å². The molecule has 2 aromatic rings. The fraction of sp³-hybridized carbons (Fsp3) is 0.579. The van der Waals surface area contributed by atoms with Gasteiger partial charge in [-0.05, 0) is 45.4 Å².